The van der Waals surface area contributed by atoms with E-state index in [1.165, 1.54) is 16.7 Å². The highest BCUT2D eigenvalue weighted by atomic mass is 28.4. The molecule has 322 valence electrons. The van der Waals surface area contributed by atoms with Crippen LogP contribution in [0.1, 0.15) is 105 Å². The Morgan fingerprint density at radius 1 is 0.579 bits per heavy atom. The smallest absolute Gasteiger partial charge is 0.192 e. The molecule has 0 radical (unpaired) electrons. The lowest BCUT2D eigenvalue weighted by molar-refractivity contribution is -0.130. The summed E-state index contributed by atoms with van der Waals surface area (Å²) in [5.41, 5.74) is 13.5. The maximum atomic E-state index is 8.69. The van der Waals surface area contributed by atoms with Gasteiger partial charge in [-0.05, 0) is 107 Å². The molecule has 3 unspecified atom stereocenters. The van der Waals surface area contributed by atoms with Gasteiger partial charge in [0.25, 0.3) is 0 Å². The SMILES string of the molecule is CC(C)(C)[Si](C)(C)OC[C@@H]1C(O[Si](C)(C)C(C)(C)C)C(O[Si](C)(C)C(C)(C)C)C(O[Si](C)(C)C(C)(C)C)CN1Cc1ccc(Cc2ccc(CN=[N+]=[N-])cc2)cc1. The Morgan fingerprint density at radius 2 is 0.965 bits per heavy atom. The molecule has 12 heteroatoms. The first-order valence-corrected chi connectivity index (χ1v) is 32.9. The second kappa shape index (κ2) is 18.2. The van der Waals surface area contributed by atoms with Gasteiger partial charge in [0.1, 0.15) is 0 Å². The van der Waals surface area contributed by atoms with Crippen LogP contribution in [-0.2, 0) is 37.2 Å². The summed E-state index contributed by atoms with van der Waals surface area (Å²) >= 11 is 0. The van der Waals surface area contributed by atoms with E-state index in [2.05, 4.69) is 187 Å². The Labute approximate surface area is 353 Å². The van der Waals surface area contributed by atoms with Crippen molar-refractivity contribution in [2.75, 3.05) is 13.2 Å². The molecule has 0 N–H and O–H groups in total. The maximum Gasteiger partial charge on any atom is 0.192 e. The maximum absolute atomic E-state index is 8.69. The molecule has 8 nitrogen and oxygen atoms in total. The lowest BCUT2D eigenvalue weighted by Crippen LogP contribution is -2.70. The van der Waals surface area contributed by atoms with Crippen LogP contribution >= 0.6 is 0 Å². The van der Waals surface area contributed by atoms with E-state index in [0.29, 0.717) is 13.2 Å². The first kappa shape index (κ1) is 49.8. The van der Waals surface area contributed by atoms with E-state index in [-0.39, 0.29) is 44.5 Å². The molecule has 57 heavy (non-hydrogen) atoms. The Kier molecular flexibility index (Phi) is 15.9. The third-order valence-corrected chi connectivity index (χ3v) is 32.2. The Hall–Kier alpha value is -1.58. The van der Waals surface area contributed by atoms with Crippen molar-refractivity contribution in [2.24, 2.45) is 5.11 Å². The van der Waals surface area contributed by atoms with Crippen LogP contribution in [0.3, 0.4) is 0 Å². The summed E-state index contributed by atoms with van der Waals surface area (Å²) in [6.07, 6.45) is 0.236. The van der Waals surface area contributed by atoms with E-state index in [9.17, 15) is 0 Å². The van der Waals surface area contributed by atoms with E-state index in [0.717, 1.165) is 25.1 Å². The highest BCUT2D eigenvalue weighted by molar-refractivity contribution is 6.75. The van der Waals surface area contributed by atoms with Gasteiger partial charge in [-0.15, -0.1) is 0 Å². The van der Waals surface area contributed by atoms with E-state index in [4.69, 9.17) is 23.2 Å². The molecule has 0 bridgehead atoms. The second-order valence-electron chi connectivity index (χ2n) is 22.9. The van der Waals surface area contributed by atoms with E-state index >= 15 is 0 Å². The van der Waals surface area contributed by atoms with Crippen LogP contribution in [0.2, 0.25) is 72.5 Å². The summed E-state index contributed by atoms with van der Waals surface area (Å²) in [6, 6.07) is 17.5. The van der Waals surface area contributed by atoms with Gasteiger partial charge in [0.15, 0.2) is 33.3 Å². The predicted octanol–water partition coefficient (Wildman–Crippen LogP) is 13.5. The van der Waals surface area contributed by atoms with E-state index in [1.54, 1.807) is 0 Å². The number of nitrogens with zero attached hydrogens (tertiary/aromatic N) is 4. The molecule has 0 aliphatic carbocycles. The van der Waals surface area contributed by atoms with Crippen molar-refractivity contribution in [3.8, 4) is 0 Å². The fourth-order valence-corrected chi connectivity index (χ4v) is 11.1. The number of azide groups is 1. The number of hydrogen-bond acceptors (Lipinski definition) is 6. The third-order valence-electron chi connectivity index (χ3n) is 14.3. The van der Waals surface area contributed by atoms with Crippen LogP contribution in [0.25, 0.3) is 10.4 Å². The highest BCUT2D eigenvalue weighted by Gasteiger charge is 2.55. The van der Waals surface area contributed by atoms with Gasteiger partial charge in [-0.1, -0.05) is 137 Å². The molecule has 1 aliphatic rings. The number of benzene rings is 2. The first-order valence-electron chi connectivity index (χ1n) is 21.3. The van der Waals surface area contributed by atoms with Crippen LogP contribution in [0, 0.1) is 0 Å². The van der Waals surface area contributed by atoms with Crippen molar-refractivity contribution in [1.82, 2.24) is 4.90 Å². The zero-order valence-corrected chi connectivity index (χ0v) is 43.9. The molecule has 2 aromatic rings. The highest BCUT2D eigenvalue weighted by Crippen LogP contribution is 2.46. The van der Waals surface area contributed by atoms with Crippen molar-refractivity contribution >= 4 is 33.3 Å². The second-order valence-corrected chi connectivity index (χ2v) is 41.9. The molecule has 1 saturated heterocycles. The average Bonchev–Trinajstić information content (AvgIpc) is 3.04. The zero-order chi connectivity index (χ0) is 43.6. The Morgan fingerprint density at radius 3 is 1.39 bits per heavy atom. The largest absolute Gasteiger partial charge is 0.415 e. The number of piperidine rings is 1. The fourth-order valence-electron chi connectivity index (χ4n) is 6.09. The third kappa shape index (κ3) is 13.0. The van der Waals surface area contributed by atoms with Gasteiger partial charge in [-0.2, -0.15) is 0 Å². The van der Waals surface area contributed by atoms with Gasteiger partial charge < -0.3 is 17.7 Å². The van der Waals surface area contributed by atoms with Crippen molar-refractivity contribution < 1.29 is 17.7 Å². The minimum atomic E-state index is -2.31. The molecule has 0 saturated carbocycles. The molecule has 0 spiro atoms. The molecule has 4 atom stereocenters. The van der Waals surface area contributed by atoms with Gasteiger partial charge in [0, 0.05) is 18.0 Å². The monoisotopic (exact) mass is 855 g/mol. The zero-order valence-electron chi connectivity index (χ0n) is 39.9. The normalized spacial score (nSPS) is 21.1. The Balaban J connectivity index is 2.17. The quantitative estimate of drug-likeness (QED) is 0.0770. The molecular weight excluding hydrogens is 773 g/mol. The standard InChI is InChI=1S/C45H82N4O4Si4/c1-42(2,3)54(13,14)50-33-38-40(52-56(17,18)44(7,8)9)41(53-57(19,20)45(10,11)12)39(51-55(15,16)43(4,5)6)32-49(38)31-37-27-23-35(24-28-37)29-34-21-25-36(26-22-34)30-47-48-46/h21-28,38-41H,29-33H2,1-20H3/t38-,39?,40?,41?/m1/s1. The van der Waals surface area contributed by atoms with E-state index in [1.807, 2.05) is 12.1 Å². The van der Waals surface area contributed by atoms with Gasteiger partial charge >= 0.3 is 0 Å². The fraction of sp³-hybridized carbons (Fsp3) is 0.733. The van der Waals surface area contributed by atoms with Crippen molar-refractivity contribution in [3.05, 3.63) is 81.2 Å². The predicted molar refractivity (Wildman–Crippen MR) is 252 cm³/mol. The van der Waals surface area contributed by atoms with Crippen LogP contribution in [0.5, 0.6) is 0 Å². The first-order chi connectivity index (χ1) is 25.7. The molecule has 1 heterocycles. The summed E-state index contributed by atoms with van der Waals surface area (Å²) in [5, 5.41) is 3.85. The molecule has 1 fully saturated rings. The minimum absolute atomic E-state index is 0.0121. The number of hydrogen-bond donors (Lipinski definition) is 0. The molecule has 0 amide bonds. The summed E-state index contributed by atoms with van der Waals surface area (Å²) in [4.78, 5) is 5.52. The minimum Gasteiger partial charge on any atom is -0.415 e. The summed E-state index contributed by atoms with van der Waals surface area (Å²) in [7, 11) is -8.94. The van der Waals surface area contributed by atoms with Gasteiger partial charge in [-0.3, -0.25) is 4.90 Å². The molecule has 2 aromatic carbocycles. The van der Waals surface area contributed by atoms with Crippen LogP contribution in [0.15, 0.2) is 53.6 Å². The average molecular weight is 856 g/mol. The van der Waals surface area contributed by atoms with Crippen LogP contribution in [-0.4, -0.2) is 75.7 Å². The van der Waals surface area contributed by atoms with E-state index < -0.39 is 33.3 Å². The summed E-state index contributed by atoms with van der Waals surface area (Å²) < 4.78 is 30.2. The Bertz CT molecular complexity index is 1650. The van der Waals surface area contributed by atoms with Gasteiger partial charge in [0.2, 0.25) is 0 Å². The molecule has 3 rings (SSSR count). The van der Waals surface area contributed by atoms with Crippen LogP contribution in [0.4, 0.5) is 0 Å². The van der Waals surface area contributed by atoms with Crippen molar-refractivity contribution in [3.63, 3.8) is 0 Å². The van der Waals surface area contributed by atoms with Gasteiger partial charge in [0.05, 0.1) is 37.5 Å². The summed E-state index contributed by atoms with van der Waals surface area (Å²) in [6.45, 7) is 49.5. The van der Waals surface area contributed by atoms with Crippen molar-refractivity contribution in [1.29, 1.82) is 0 Å². The summed E-state index contributed by atoms with van der Waals surface area (Å²) in [5.74, 6) is 0. The lowest BCUT2D eigenvalue weighted by atomic mass is 9.93. The lowest BCUT2D eigenvalue weighted by Gasteiger charge is -2.56. The molecular formula is C45H82N4O4Si4. The molecule has 1 aliphatic heterocycles. The topological polar surface area (TPSA) is 88.9 Å². The molecule has 0 aromatic heterocycles. The van der Waals surface area contributed by atoms with Gasteiger partial charge in [-0.25, -0.2) is 0 Å². The van der Waals surface area contributed by atoms with Crippen LogP contribution < -0.4 is 0 Å². The number of likely N-dealkylation sites (tertiary alicyclic amines) is 1. The van der Waals surface area contributed by atoms with Crippen molar-refractivity contribution in [2.45, 2.75) is 199 Å². The number of rotatable bonds is 15.